The summed E-state index contributed by atoms with van der Waals surface area (Å²) in [7, 11) is 0. The SMILES string of the molecule is c1ccc(-c2ccc(-n3c4ccccc4c4cc(-c5ccc6c(c5)c5ccccc5n6-c5nccc6c5-c5ccccc5C6)ccc43)cc2)cc1. The minimum atomic E-state index is 0.945. The van der Waals surface area contributed by atoms with Crippen LogP contribution in [0, 0.1) is 0 Å². The Hall–Kier alpha value is -6.71. The van der Waals surface area contributed by atoms with Gasteiger partial charge in [-0.3, -0.25) is 4.57 Å². The molecule has 0 saturated heterocycles. The van der Waals surface area contributed by atoms with E-state index in [0.717, 1.165) is 17.9 Å². The van der Waals surface area contributed by atoms with Gasteiger partial charge in [0.1, 0.15) is 5.82 Å². The Kier molecular flexibility index (Phi) is 6.02. The van der Waals surface area contributed by atoms with Gasteiger partial charge in [0.25, 0.3) is 0 Å². The molecule has 0 N–H and O–H groups in total. The molecule has 3 aromatic heterocycles. The highest BCUT2D eigenvalue weighted by Crippen LogP contribution is 2.43. The van der Waals surface area contributed by atoms with Crippen molar-refractivity contribution >= 4 is 43.6 Å². The first-order valence-corrected chi connectivity index (χ1v) is 17.6. The van der Waals surface area contributed by atoms with E-state index in [9.17, 15) is 0 Å². The summed E-state index contributed by atoms with van der Waals surface area (Å²) in [5.41, 5.74) is 16.0. The third-order valence-corrected chi connectivity index (χ3v) is 10.8. The average molecular weight is 650 g/mol. The van der Waals surface area contributed by atoms with Gasteiger partial charge < -0.3 is 4.57 Å². The molecule has 3 nitrogen and oxygen atoms in total. The highest BCUT2D eigenvalue weighted by atomic mass is 15.1. The third kappa shape index (κ3) is 4.22. The Balaban J connectivity index is 1.07. The van der Waals surface area contributed by atoms with E-state index in [0.29, 0.717) is 0 Å². The van der Waals surface area contributed by atoms with Crippen LogP contribution in [0.25, 0.3) is 88.5 Å². The van der Waals surface area contributed by atoms with Crippen LogP contribution >= 0.6 is 0 Å². The molecule has 10 aromatic rings. The predicted octanol–water partition coefficient (Wildman–Crippen LogP) is 12.2. The summed E-state index contributed by atoms with van der Waals surface area (Å²) in [6, 6.07) is 61.8. The molecule has 11 rings (SSSR count). The average Bonchev–Trinajstić information content (AvgIpc) is 3.86. The molecule has 0 spiro atoms. The summed E-state index contributed by atoms with van der Waals surface area (Å²) in [6.07, 6.45) is 2.92. The number of hydrogen-bond acceptors (Lipinski definition) is 1. The molecule has 0 bridgehead atoms. The van der Waals surface area contributed by atoms with Gasteiger partial charge in [0, 0.05) is 39.0 Å². The molecule has 7 aromatic carbocycles. The topological polar surface area (TPSA) is 22.8 Å². The van der Waals surface area contributed by atoms with Crippen molar-refractivity contribution in [2.24, 2.45) is 0 Å². The molecule has 0 radical (unpaired) electrons. The van der Waals surface area contributed by atoms with Crippen molar-refractivity contribution in [2.75, 3.05) is 0 Å². The molecule has 0 fully saturated rings. The van der Waals surface area contributed by atoms with Crippen molar-refractivity contribution in [3.8, 4) is 44.9 Å². The first kappa shape index (κ1) is 28.2. The van der Waals surface area contributed by atoms with Gasteiger partial charge in [0.15, 0.2) is 0 Å². The number of rotatable bonds is 4. The molecule has 0 saturated carbocycles. The second kappa shape index (κ2) is 10.9. The van der Waals surface area contributed by atoms with Crippen molar-refractivity contribution in [1.82, 2.24) is 14.1 Å². The Morgan fingerprint density at radius 3 is 1.67 bits per heavy atom. The number of benzene rings is 7. The molecule has 238 valence electrons. The number of para-hydroxylation sites is 2. The summed E-state index contributed by atoms with van der Waals surface area (Å²) in [4.78, 5) is 5.04. The summed E-state index contributed by atoms with van der Waals surface area (Å²) in [6.45, 7) is 0. The third-order valence-electron chi connectivity index (χ3n) is 10.8. The molecule has 0 aliphatic heterocycles. The zero-order valence-corrected chi connectivity index (χ0v) is 27.8. The lowest BCUT2D eigenvalue weighted by molar-refractivity contribution is 1.07. The summed E-state index contributed by atoms with van der Waals surface area (Å²) in [5, 5.41) is 4.97. The van der Waals surface area contributed by atoms with Crippen molar-refractivity contribution in [2.45, 2.75) is 6.42 Å². The van der Waals surface area contributed by atoms with Crippen LogP contribution in [0.1, 0.15) is 11.1 Å². The molecule has 51 heavy (non-hydrogen) atoms. The van der Waals surface area contributed by atoms with Crippen LogP contribution in [0.3, 0.4) is 0 Å². The van der Waals surface area contributed by atoms with Gasteiger partial charge in [-0.25, -0.2) is 4.98 Å². The maximum absolute atomic E-state index is 5.04. The van der Waals surface area contributed by atoms with Gasteiger partial charge in [-0.05, 0) is 100.0 Å². The van der Waals surface area contributed by atoms with Crippen LogP contribution in [0.15, 0.2) is 176 Å². The van der Waals surface area contributed by atoms with Gasteiger partial charge in [0.2, 0.25) is 0 Å². The fourth-order valence-electron chi connectivity index (χ4n) is 8.47. The number of nitrogens with zero attached hydrogens (tertiary/aromatic N) is 3. The van der Waals surface area contributed by atoms with Crippen molar-refractivity contribution in [3.05, 3.63) is 187 Å². The van der Waals surface area contributed by atoms with Crippen molar-refractivity contribution < 1.29 is 0 Å². The van der Waals surface area contributed by atoms with Gasteiger partial charge >= 0.3 is 0 Å². The normalized spacial score (nSPS) is 12.2. The van der Waals surface area contributed by atoms with Crippen LogP contribution in [0.2, 0.25) is 0 Å². The monoisotopic (exact) mass is 649 g/mol. The minimum Gasteiger partial charge on any atom is -0.309 e. The molecule has 1 aliphatic carbocycles. The van der Waals surface area contributed by atoms with E-state index in [1.165, 1.54) is 88.1 Å². The highest BCUT2D eigenvalue weighted by molar-refractivity contribution is 6.13. The Morgan fingerprint density at radius 1 is 0.392 bits per heavy atom. The van der Waals surface area contributed by atoms with Crippen LogP contribution in [0.5, 0.6) is 0 Å². The van der Waals surface area contributed by atoms with Crippen LogP contribution in [0.4, 0.5) is 0 Å². The number of pyridine rings is 1. The van der Waals surface area contributed by atoms with Crippen LogP contribution in [-0.4, -0.2) is 14.1 Å². The summed E-state index contributed by atoms with van der Waals surface area (Å²) < 4.78 is 4.76. The number of fused-ring (bicyclic) bond motifs is 9. The lowest BCUT2D eigenvalue weighted by Gasteiger charge is -2.13. The van der Waals surface area contributed by atoms with Crippen LogP contribution in [-0.2, 0) is 6.42 Å². The number of aromatic nitrogens is 3. The van der Waals surface area contributed by atoms with Gasteiger partial charge in [-0.1, -0.05) is 115 Å². The first-order chi connectivity index (χ1) is 25.3. The maximum atomic E-state index is 5.04. The van der Waals surface area contributed by atoms with E-state index in [1.54, 1.807) is 0 Å². The lowest BCUT2D eigenvalue weighted by Crippen LogP contribution is -2.00. The van der Waals surface area contributed by atoms with E-state index in [4.69, 9.17) is 4.98 Å². The van der Waals surface area contributed by atoms with Gasteiger partial charge in [0.05, 0.1) is 22.1 Å². The summed E-state index contributed by atoms with van der Waals surface area (Å²) >= 11 is 0. The molecule has 0 atom stereocenters. The quantitative estimate of drug-likeness (QED) is 0.186. The van der Waals surface area contributed by atoms with E-state index < -0.39 is 0 Å². The Bertz CT molecular complexity index is 2980. The molecule has 0 amide bonds. The van der Waals surface area contributed by atoms with E-state index >= 15 is 0 Å². The summed E-state index contributed by atoms with van der Waals surface area (Å²) in [5.74, 6) is 1.00. The molecule has 3 heterocycles. The molecule has 1 aliphatic rings. The van der Waals surface area contributed by atoms with Crippen molar-refractivity contribution in [1.29, 1.82) is 0 Å². The lowest BCUT2D eigenvalue weighted by atomic mass is 10.0. The minimum absolute atomic E-state index is 0.945. The van der Waals surface area contributed by atoms with E-state index in [-0.39, 0.29) is 0 Å². The fourth-order valence-corrected chi connectivity index (χ4v) is 8.47. The smallest absolute Gasteiger partial charge is 0.145 e. The Morgan fingerprint density at radius 2 is 0.941 bits per heavy atom. The van der Waals surface area contributed by atoms with Crippen molar-refractivity contribution in [3.63, 3.8) is 0 Å². The second-order valence-electron chi connectivity index (χ2n) is 13.6. The standard InChI is InChI=1S/C48H31N3/c1-2-10-31(11-3-1)32-18-22-37(23-19-32)50-43-16-8-6-14-39(43)41-29-33(20-24-45(41)50)34-21-25-46-42(30-34)40-15-7-9-17-44(40)51(46)48-47-36(26-27-49-48)28-35-12-4-5-13-38(35)47/h1-27,29-30H,28H2. The van der Waals surface area contributed by atoms with E-state index in [1.807, 2.05) is 6.20 Å². The molecular formula is C48H31N3. The van der Waals surface area contributed by atoms with E-state index in [2.05, 4.69) is 179 Å². The highest BCUT2D eigenvalue weighted by Gasteiger charge is 2.25. The van der Waals surface area contributed by atoms with Gasteiger partial charge in [-0.15, -0.1) is 0 Å². The molecule has 3 heteroatoms. The first-order valence-electron chi connectivity index (χ1n) is 17.6. The largest absolute Gasteiger partial charge is 0.309 e. The van der Waals surface area contributed by atoms with Gasteiger partial charge in [-0.2, -0.15) is 0 Å². The molecule has 0 unspecified atom stereocenters. The second-order valence-corrected chi connectivity index (χ2v) is 13.6. The zero-order chi connectivity index (χ0) is 33.5. The Labute approximate surface area is 295 Å². The fraction of sp³-hybridized carbons (Fsp3) is 0.0208. The zero-order valence-electron chi connectivity index (χ0n) is 27.8. The number of hydrogen-bond donors (Lipinski definition) is 0. The maximum Gasteiger partial charge on any atom is 0.145 e. The molecular weight excluding hydrogens is 619 g/mol. The van der Waals surface area contributed by atoms with Crippen LogP contribution < -0.4 is 0 Å². The predicted molar refractivity (Wildman–Crippen MR) is 212 cm³/mol.